The second-order valence-corrected chi connectivity index (χ2v) is 8.27. The molecule has 4 aromatic rings. The van der Waals surface area contributed by atoms with Gasteiger partial charge in [-0.2, -0.15) is 11.3 Å². The fourth-order valence-corrected chi connectivity index (χ4v) is 3.68. The number of imidazole rings is 1. The summed E-state index contributed by atoms with van der Waals surface area (Å²) in [7, 11) is 0. The predicted octanol–water partition coefficient (Wildman–Crippen LogP) is 4.47. The van der Waals surface area contributed by atoms with Gasteiger partial charge in [-0.25, -0.2) is 4.98 Å². The number of amides is 1. The molecule has 7 nitrogen and oxygen atoms in total. The molecule has 1 aromatic carbocycles. The van der Waals surface area contributed by atoms with Crippen molar-refractivity contribution in [3.8, 4) is 11.5 Å². The van der Waals surface area contributed by atoms with Crippen LogP contribution in [-0.2, 0) is 16.8 Å². The van der Waals surface area contributed by atoms with Crippen molar-refractivity contribution in [1.82, 2.24) is 19.7 Å². The molecule has 0 unspecified atom stereocenters. The number of fused-ring (bicyclic) bond motifs is 1. The van der Waals surface area contributed by atoms with Crippen LogP contribution in [0, 0.1) is 0 Å². The molecule has 144 valence electrons. The smallest absolute Gasteiger partial charge is 0.248 e. The summed E-state index contributed by atoms with van der Waals surface area (Å²) in [4.78, 5) is 17.1. The minimum absolute atomic E-state index is 0.143. The van der Waals surface area contributed by atoms with Gasteiger partial charge in [0.2, 0.25) is 23.6 Å². The minimum Gasteiger partial charge on any atom is -0.421 e. The Morgan fingerprint density at radius 1 is 1.21 bits per heavy atom. The molecule has 8 heteroatoms. The summed E-state index contributed by atoms with van der Waals surface area (Å²) in [5, 5.41) is 14.9. The van der Waals surface area contributed by atoms with Crippen LogP contribution in [0.2, 0.25) is 0 Å². The first-order valence-electron chi connectivity index (χ1n) is 9.04. The molecule has 0 aliphatic rings. The van der Waals surface area contributed by atoms with Gasteiger partial charge in [0.05, 0.1) is 11.0 Å². The first kappa shape index (κ1) is 18.4. The number of benzene rings is 1. The van der Waals surface area contributed by atoms with E-state index in [9.17, 15) is 4.79 Å². The largest absolute Gasteiger partial charge is 0.421 e. The van der Waals surface area contributed by atoms with Crippen molar-refractivity contribution in [1.29, 1.82) is 0 Å². The van der Waals surface area contributed by atoms with E-state index in [0.29, 0.717) is 24.2 Å². The van der Waals surface area contributed by atoms with Crippen molar-refractivity contribution < 1.29 is 9.21 Å². The molecule has 3 heterocycles. The molecule has 4 rings (SSSR count). The monoisotopic (exact) mass is 395 g/mol. The lowest BCUT2D eigenvalue weighted by Crippen LogP contribution is -2.26. The van der Waals surface area contributed by atoms with Crippen molar-refractivity contribution in [3.05, 3.63) is 47.0 Å². The highest BCUT2D eigenvalue weighted by Crippen LogP contribution is 2.28. The van der Waals surface area contributed by atoms with Gasteiger partial charge in [-0.05, 0) is 44.4 Å². The number of para-hydroxylation sites is 2. The highest BCUT2D eigenvalue weighted by atomic mass is 32.1. The van der Waals surface area contributed by atoms with Crippen molar-refractivity contribution in [2.45, 2.75) is 39.2 Å². The molecule has 0 radical (unpaired) electrons. The van der Waals surface area contributed by atoms with Gasteiger partial charge >= 0.3 is 0 Å². The third-order valence-corrected chi connectivity index (χ3v) is 4.97. The average Bonchev–Trinajstić information content (AvgIpc) is 3.37. The van der Waals surface area contributed by atoms with Crippen LogP contribution in [0.1, 0.15) is 33.1 Å². The van der Waals surface area contributed by atoms with Gasteiger partial charge in [-0.3, -0.25) is 10.1 Å². The van der Waals surface area contributed by atoms with E-state index < -0.39 is 0 Å². The topological polar surface area (TPSA) is 85.8 Å². The number of rotatable bonds is 5. The lowest BCUT2D eigenvalue weighted by molar-refractivity contribution is -0.116. The van der Waals surface area contributed by atoms with Crippen LogP contribution in [0.5, 0.6) is 0 Å². The molecule has 3 aromatic heterocycles. The Morgan fingerprint density at radius 3 is 2.79 bits per heavy atom. The number of carbonyl (C=O) groups is 1. The van der Waals surface area contributed by atoms with E-state index in [1.165, 1.54) is 0 Å². The molecule has 1 amide bonds. The number of thiophene rings is 1. The van der Waals surface area contributed by atoms with Crippen LogP contribution in [0.4, 0.5) is 5.95 Å². The Balaban J connectivity index is 1.47. The Kier molecular flexibility index (Phi) is 4.72. The van der Waals surface area contributed by atoms with Gasteiger partial charge in [0.1, 0.15) is 0 Å². The van der Waals surface area contributed by atoms with E-state index in [2.05, 4.69) is 41.3 Å². The van der Waals surface area contributed by atoms with Crippen molar-refractivity contribution in [3.63, 3.8) is 0 Å². The number of hydrogen-bond donors (Lipinski definition) is 1. The van der Waals surface area contributed by atoms with Gasteiger partial charge in [0.25, 0.3) is 0 Å². The minimum atomic E-state index is -0.222. The lowest BCUT2D eigenvalue weighted by atomic mass is 10.1. The Labute approximate surface area is 166 Å². The molecule has 0 bridgehead atoms. The first-order valence-corrected chi connectivity index (χ1v) is 9.99. The molecule has 0 saturated carbocycles. The van der Waals surface area contributed by atoms with Crippen LogP contribution in [-0.4, -0.2) is 25.7 Å². The number of nitrogens with zero attached hydrogens (tertiary/aromatic N) is 4. The molecule has 0 fully saturated rings. The molecule has 0 aliphatic heterocycles. The number of hydrogen-bond acceptors (Lipinski definition) is 6. The number of anilines is 1. The second-order valence-electron chi connectivity index (χ2n) is 7.49. The molecule has 0 atom stereocenters. The molecular formula is C20H21N5O2S. The number of nitrogens with one attached hydrogen (secondary N) is 1. The highest BCUT2D eigenvalue weighted by molar-refractivity contribution is 7.08. The molecule has 0 spiro atoms. The standard InChI is InChI=1S/C20H21N5O2S/c1-20(2,3)25-15-7-5-4-6-14(15)21-19(25)22-16(26)8-9-17-23-24-18(27-17)13-10-11-28-12-13/h4-7,10-12H,8-9H2,1-3H3,(H,21,22,26). The number of aromatic nitrogens is 4. The van der Waals surface area contributed by atoms with Gasteiger partial charge in [0.15, 0.2) is 0 Å². The van der Waals surface area contributed by atoms with E-state index in [4.69, 9.17) is 4.42 Å². The van der Waals surface area contributed by atoms with Gasteiger partial charge in [-0.15, -0.1) is 10.2 Å². The molecule has 0 aliphatic carbocycles. The number of aryl methyl sites for hydroxylation is 1. The van der Waals surface area contributed by atoms with E-state index in [-0.39, 0.29) is 17.9 Å². The van der Waals surface area contributed by atoms with Gasteiger partial charge < -0.3 is 8.98 Å². The Bertz CT molecular complexity index is 1110. The maximum Gasteiger partial charge on any atom is 0.248 e. The zero-order chi connectivity index (χ0) is 19.7. The summed E-state index contributed by atoms with van der Waals surface area (Å²) >= 11 is 1.57. The predicted molar refractivity (Wildman–Crippen MR) is 109 cm³/mol. The summed E-state index contributed by atoms with van der Waals surface area (Å²) < 4.78 is 7.68. The lowest BCUT2D eigenvalue weighted by Gasteiger charge is -2.24. The molecule has 0 saturated heterocycles. The summed E-state index contributed by atoms with van der Waals surface area (Å²) in [6.45, 7) is 6.25. The molecular weight excluding hydrogens is 374 g/mol. The van der Waals surface area contributed by atoms with E-state index in [0.717, 1.165) is 16.6 Å². The Hall–Kier alpha value is -3.00. The quantitative estimate of drug-likeness (QED) is 0.539. The van der Waals surface area contributed by atoms with E-state index in [1.54, 1.807) is 11.3 Å². The van der Waals surface area contributed by atoms with Crippen LogP contribution in [0.25, 0.3) is 22.5 Å². The van der Waals surface area contributed by atoms with Crippen LogP contribution < -0.4 is 5.32 Å². The fourth-order valence-electron chi connectivity index (χ4n) is 3.05. The summed E-state index contributed by atoms with van der Waals surface area (Å²) in [5.41, 5.74) is 2.51. The van der Waals surface area contributed by atoms with Crippen LogP contribution in [0.3, 0.4) is 0 Å². The maximum absolute atomic E-state index is 12.5. The zero-order valence-corrected chi connectivity index (χ0v) is 16.8. The number of carbonyl (C=O) groups excluding carboxylic acids is 1. The zero-order valence-electron chi connectivity index (χ0n) is 16.0. The van der Waals surface area contributed by atoms with E-state index in [1.807, 2.05) is 45.7 Å². The first-order chi connectivity index (χ1) is 13.4. The van der Waals surface area contributed by atoms with Crippen LogP contribution >= 0.6 is 11.3 Å². The molecule has 28 heavy (non-hydrogen) atoms. The highest BCUT2D eigenvalue weighted by Gasteiger charge is 2.22. The second kappa shape index (κ2) is 7.20. The summed E-state index contributed by atoms with van der Waals surface area (Å²) in [5.74, 6) is 1.33. The normalized spacial score (nSPS) is 11.8. The summed E-state index contributed by atoms with van der Waals surface area (Å²) in [6, 6.07) is 9.78. The van der Waals surface area contributed by atoms with Crippen LogP contribution in [0.15, 0.2) is 45.5 Å². The third-order valence-electron chi connectivity index (χ3n) is 4.28. The summed E-state index contributed by atoms with van der Waals surface area (Å²) in [6.07, 6.45) is 0.608. The average molecular weight is 395 g/mol. The maximum atomic E-state index is 12.5. The fraction of sp³-hybridized carbons (Fsp3) is 0.300. The van der Waals surface area contributed by atoms with E-state index >= 15 is 0 Å². The SMILES string of the molecule is CC(C)(C)n1c(NC(=O)CCc2nnc(-c3ccsc3)o2)nc2ccccc21. The third kappa shape index (κ3) is 3.68. The van der Waals surface area contributed by atoms with Gasteiger partial charge in [0, 0.05) is 29.3 Å². The molecule has 1 N–H and O–H groups in total. The van der Waals surface area contributed by atoms with Crippen molar-refractivity contribution in [2.75, 3.05) is 5.32 Å². The van der Waals surface area contributed by atoms with Gasteiger partial charge in [-0.1, -0.05) is 12.1 Å². The Morgan fingerprint density at radius 2 is 2.04 bits per heavy atom. The van der Waals surface area contributed by atoms with Crippen molar-refractivity contribution >= 4 is 34.2 Å². The van der Waals surface area contributed by atoms with Crippen molar-refractivity contribution in [2.24, 2.45) is 0 Å².